The van der Waals surface area contributed by atoms with Gasteiger partial charge in [-0.15, -0.1) is 0 Å². The average molecular weight is 196 g/mol. The number of hydrogen-bond donors (Lipinski definition) is 0. The van der Waals surface area contributed by atoms with Crippen LogP contribution in [0.1, 0.15) is 41.5 Å². The van der Waals surface area contributed by atoms with Crippen LogP contribution in [-0.4, -0.2) is 10.8 Å². The first kappa shape index (κ1) is 12.1. The lowest BCUT2D eigenvalue weighted by atomic mass is 10.2. The number of rotatable bonds is 1. The third-order valence-corrected chi connectivity index (χ3v) is 3.58. The molecule has 0 saturated carbocycles. The Bertz CT molecular complexity index is 200. The molecule has 0 radical (unpaired) electrons. The summed E-state index contributed by atoms with van der Waals surface area (Å²) in [6.45, 7) is 9.76. The Morgan fingerprint density at radius 2 is 1.42 bits per heavy atom. The normalized spacial score (nSPS) is 18.9. The average Bonchev–Trinajstić information content (AvgIpc) is 1.52. The molecule has 12 heavy (non-hydrogen) atoms. The zero-order valence-corrected chi connectivity index (χ0v) is 9.54. The van der Waals surface area contributed by atoms with Gasteiger partial charge < -0.3 is 0 Å². The van der Waals surface area contributed by atoms with Crippen molar-refractivity contribution in [1.29, 1.82) is 0 Å². The zero-order chi connectivity index (χ0) is 10.2. The molecule has 0 rings (SSSR count). The minimum atomic E-state index is -4.00. The van der Waals surface area contributed by atoms with Crippen LogP contribution in [0, 0.1) is 0 Å². The molecule has 0 aromatic carbocycles. The molecule has 0 aromatic rings. The summed E-state index contributed by atoms with van der Waals surface area (Å²) in [5, 5.41) is -0.930. The summed E-state index contributed by atoms with van der Waals surface area (Å²) in [7, 11) is -4.00. The summed E-state index contributed by atoms with van der Waals surface area (Å²) < 4.78 is 29.7. The monoisotopic (exact) mass is 196 g/mol. The topological polar surface area (TPSA) is 26.3 Å². The van der Waals surface area contributed by atoms with Gasteiger partial charge in [-0.05, 0) is 41.5 Å². The minimum Gasteiger partial charge on any atom is -0.299 e. The van der Waals surface area contributed by atoms with Crippen molar-refractivity contribution in [2.24, 2.45) is 0 Å². The summed E-state index contributed by atoms with van der Waals surface area (Å²) >= 11 is 0. The van der Waals surface area contributed by atoms with Gasteiger partial charge in [-0.3, -0.25) is 9.09 Å². The molecule has 0 aliphatic rings. The maximum Gasteiger partial charge on any atom is 0.373 e. The molecule has 74 valence electrons. The van der Waals surface area contributed by atoms with E-state index >= 15 is 0 Å². The summed E-state index contributed by atoms with van der Waals surface area (Å²) in [5.41, 5.74) is -0.697. The molecule has 0 heterocycles. The van der Waals surface area contributed by atoms with Crippen LogP contribution in [0.2, 0.25) is 0 Å². The van der Waals surface area contributed by atoms with Gasteiger partial charge in [-0.2, -0.15) is 4.20 Å². The minimum absolute atomic E-state index is 0.697. The van der Waals surface area contributed by atoms with E-state index in [-0.39, 0.29) is 0 Å². The van der Waals surface area contributed by atoms with Gasteiger partial charge in [0, 0.05) is 0 Å². The first-order valence-electron chi connectivity index (χ1n) is 3.96. The van der Waals surface area contributed by atoms with Crippen LogP contribution >= 0.6 is 7.68 Å². The number of halogens is 1. The van der Waals surface area contributed by atoms with Crippen molar-refractivity contribution < 1.29 is 13.3 Å². The SMILES string of the molecule is CC(C)(C)OP(=O)(F)C(C)(C)C. The quantitative estimate of drug-likeness (QED) is 0.597. The largest absolute Gasteiger partial charge is 0.373 e. The molecular weight excluding hydrogens is 178 g/mol. The molecule has 0 amide bonds. The Balaban J connectivity index is 4.57. The van der Waals surface area contributed by atoms with E-state index in [0.717, 1.165) is 0 Å². The van der Waals surface area contributed by atoms with E-state index in [2.05, 4.69) is 0 Å². The molecule has 0 spiro atoms. The second-order valence-corrected chi connectivity index (χ2v) is 7.34. The summed E-state index contributed by atoms with van der Waals surface area (Å²) in [4.78, 5) is 0. The van der Waals surface area contributed by atoms with Crippen molar-refractivity contribution in [2.75, 3.05) is 0 Å². The predicted molar refractivity (Wildman–Crippen MR) is 49.3 cm³/mol. The smallest absolute Gasteiger partial charge is 0.299 e. The fourth-order valence-corrected chi connectivity index (χ4v) is 1.47. The lowest BCUT2D eigenvalue weighted by Crippen LogP contribution is -2.23. The van der Waals surface area contributed by atoms with Crippen molar-refractivity contribution in [3.63, 3.8) is 0 Å². The van der Waals surface area contributed by atoms with Crippen LogP contribution in [-0.2, 0) is 9.09 Å². The van der Waals surface area contributed by atoms with Crippen molar-refractivity contribution in [2.45, 2.75) is 52.3 Å². The van der Waals surface area contributed by atoms with E-state index in [9.17, 15) is 8.76 Å². The highest BCUT2D eigenvalue weighted by molar-refractivity contribution is 7.55. The Morgan fingerprint density at radius 3 is 1.50 bits per heavy atom. The maximum absolute atomic E-state index is 13.4. The Kier molecular flexibility index (Phi) is 3.15. The van der Waals surface area contributed by atoms with E-state index in [0.29, 0.717) is 0 Å². The third kappa shape index (κ3) is 3.68. The van der Waals surface area contributed by atoms with E-state index < -0.39 is 18.4 Å². The summed E-state index contributed by atoms with van der Waals surface area (Å²) in [6.07, 6.45) is 0. The van der Waals surface area contributed by atoms with Crippen molar-refractivity contribution in [3.05, 3.63) is 0 Å². The standard InChI is InChI=1S/C8H18FO2P/c1-7(2,3)11-12(9,10)8(4,5)6/h1-6H3. The fourth-order valence-electron chi connectivity index (χ4n) is 0.489. The Hall–Kier alpha value is 0.120. The molecule has 1 atom stereocenters. The van der Waals surface area contributed by atoms with E-state index in [4.69, 9.17) is 4.52 Å². The second kappa shape index (κ2) is 3.12. The highest BCUT2D eigenvalue weighted by Crippen LogP contribution is 2.62. The van der Waals surface area contributed by atoms with Gasteiger partial charge in [0.15, 0.2) is 0 Å². The molecule has 0 aliphatic heterocycles. The molecule has 1 unspecified atom stereocenters. The van der Waals surface area contributed by atoms with E-state index in [1.807, 2.05) is 0 Å². The molecule has 0 N–H and O–H groups in total. The molecular formula is C8H18FO2P. The number of hydrogen-bond acceptors (Lipinski definition) is 2. The van der Waals surface area contributed by atoms with Gasteiger partial charge in [0.1, 0.15) is 0 Å². The molecule has 0 aromatic heterocycles. The van der Waals surface area contributed by atoms with Gasteiger partial charge in [0.25, 0.3) is 0 Å². The lowest BCUT2D eigenvalue weighted by molar-refractivity contribution is 0.115. The Morgan fingerprint density at radius 1 is 1.08 bits per heavy atom. The summed E-state index contributed by atoms with van der Waals surface area (Å²) in [5.74, 6) is 0. The molecule has 0 fully saturated rings. The van der Waals surface area contributed by atoms with E-state index in [1.54, 1.807) is 41.5 Å². The highest BCUT2D eigenvalue weighted by Gasteiger charge is 2.41. The zero-order valence-electron chi connectivity index (χ0n) is 8.64. The van der Waals surface area contributed by atoms with Gasteiger partial charge in [-0.1, -0.05) is 0 Å². The van der Waals surface area contributed by atoms with Gasteiger partial charge in [0.2, 0.25) is 0 Å². The molecule has 0 bridgehead atoms. The fraction of sp³-hybridized carbons (Fsp3) is 1.00. The lowest BCUT2D eigenvalue weighted by Gasteiger charge is -2.29. The molecule has 4 heteroatoms. The van der Waals surface area contributed by atoms with Gasteiger partial charge >= 0.3 is 7.68 Å². The summed E-state index contributed by atoms with van der Waals surface area (Å²) in [6, 6.07) is 0. The predicted octanol–water partition coefficient (Wildman–Crippen LogP) is 3.76. The van der Waals surface area contributed by atoms with Gasteiger partial charge in [0.05, 0.1) is 10.8 Å². The van der Waals surface area contributed by atoms with Crippen LogP contribution in [0.3, 0.4) is 0 Å². The first-order chi connectivity index (χ1) is 4.96. The maximum atomic E-state index is 13.4. The third-order valence-electron chi connectivity index (χ3n) is 1.19. The van der Waals surface area contributed by atoms with Gasteiger partial charge in [-0.25, -0.2) is 0 Å². The van der Waals surface area contributed by atoms with Crippen LogP contribution in [0.25, 0.3) is 0 Å². The second-order valence-electron chi connectivity index (χ2n) is 4.85. The molecule has 0 aliphatic carbocycles. The highest BCUT2D eigenvalue weighted by atomic mass is 31.2. The molecule has 2 nitrogen and oxygen atoms in total. The van der Waals surface area contributed by atoms with Crippen molar-refractivity contribution in [1.82, 2.24) is 0 Å². The van der Waals surface area contributed by atoms with Crippen LogP contribution in [0.4, 0.5) is 4.20 Å². The Labute approximate surface area is 74.1 Å². The van der Waals surface area contributed by atoms with Crippen LogP contribution in [0.15, 0.2) is 0 Å². The van der Waals surface area contributed by atoms with Crippen LogP contribution in [0.5, 0.6) is 0 Å². The van der Waals surface area contributed by atoms with Crippen molar-refractivity contribution >= 4 is 7.68 Å². The van der Waals surface area contributed by atoms with E-state index in [1.165, 1.54) is 0 Å². The molecule has 0 saturated heterocycles. The van der Waals surface area contributed by atoms with Crippen molar-refractivity contribution in [3.8, 4) is 0 Å². The first-order valence-corrected chi connectivity index (χ1v) is 5.48. The van der Waals surface area contributed by atoms with Crippen LogP contribution < -0.4 is 0 Å².